The molecule has 0 saturated heterocycles. The van der Waals surface area contributed by atoms with Crippen molar-refractivity contribution in [2.45, 2.75) is 13.1 Å². The van der Waals surface area contributed by atoms with Gasteiger partial charge in [-0.05, 0) is 25.1 Å². The molecular weight excluding hydrogens is 319 g/mol. The number of aromatic nitrogens is 3. The van der Waals surface area contributed by atoms with Gasteiger partial charge in [-0.25, -0.2) is 9.97 Å². The smallest absolute Gasteiger partial charge is 0.416 e. The SMILES string of the molecule is CCO/C=C/c1cn2ccnc2c(-c2ccc(C(F)(F)F)cc2)n1. The Morgan fingerprint density at radius 1 is 1.21 bits per heavy atom. The van der Waals surface area contributed by atoms with Crippen molar-refractivity contribution in [2.75, 3.05) is 6.61 Å². The van der Waals surface area contributed by atoms with Crippen molar-refractivity contribution < 1.29 is 17.9 Å². The first kappa shape index (κ1) is 16.0. The maximum Gasteiger partial charge on any atom is 0.416 e. The van der Waals surface area contributed by atoms with Gasteiger partial charge in [0, 0.05) is 24.2 Å². The second kappa shape index (κ2) is 6.35. The molecule has 24 heavy (non-hydrogen) atoms. The normalized spacial score (nSPS) is 12.2. The summed E-state index contributed by atoms with van der Waals surface area (Å²) in [5.74, 6) is 0. The largest absolute Gasteiger partial charge is 0.501 e. The van der Waals surface area contributed by atoms with E-state index in [1.165, 1.54) is 18.4 Å². The molecule has 0 unspecified atom stereocenters. The van der Waals surface area contributed by atoms with Crippen molar-refractivity contribution in [3.63, 3.8) is 0 Å². The second-order valence-corrected chi connectivity index (χ2v) is 5.01. The molecule has 7 heteroatoms. The Morgan fingerprint density at radius 3 is 2.62 bits per heavy atom. The lowest BCUT2D eigenvalue weighted by atomic mass is 10.1. The van der Waals surface area contributed by atoms with Crippen LogP contribution in [0.3, 0.4) is 0 Å². The van der Waals surface area contributed by atoms with Gasteiger partial charge in [-0.15, -0.1) is 0 Å². The van der Waals surface area contributed by atoms with E-state index in [1.807, 2.05) is 6.92 Å². The van der Waals surface area contributed by atoms with Gasteiger partial charge < -0.3 is 9.14 Å². The Balaban J connectivity index is 2.06. The molecule has 0 saturated carbocycles. The van der Waals surface area contributed by atoms with Gasteiger partial charge in [-0.1, -0.05) is 12.1 Å². The highest BCUT2D eigenvalue weighted by molar-refractivity contribution is 5.74. The number of imidazole rings is 1. The minimum absolute atomic E-state index is 0.507. The van der Waals surface area contributed by atoms with Crippen LogP contribution in [0.1, 0.15) is 18.2 Å². The van der Waals surface area contributed by atoms with E-state index in [0.29, 0.717) is 29.2 Å². The molecule has 0 spiro atoms. The summed E-state index contributed by atoms with van der Waals surface area (Å²) in [5.41, 5.74) is 1.56. The Hall–Kier alpha value is -2.83. The van der Waals surface area contributed by atoms with Crippen molar-refractivity contribution in [1.29, 1.82) is 0 Å². The van der Waals surface area contributed by atoms with Gasteiger partial charge in [0.05, 0.1) is 24.1 Å². The topological polar surface area (TPSA) is 39.4 Å². The van der Waals surface area contributed by atoms with Gasteiger partial charge in [-0.3, -0.25) is 0 Å². The Labute approximate surface area is 136 Å². The van der Waals surface area contributed by atoms with Gasteiger partial charge in [0.2, 0.25) is 0 Å². The average Bonchev–Trinajstić information content (AvgIpc) is 3.02. The number of rotatable bonds is 4. The van der Waals surface area contributed by atoms with Crippen LogP contribution in [0, 0.1) is 0 Å². The standard InChI is InChI=1S/C17H14F3N3O/c1-2-24-10-7-14-11-23-9-8-21-16(23)15(22-14)12-3-5-13(6-4-12)17(18,19)20/h3-11H,2H2,1H3/b10-7+. The van der Waals surface area contributed by atoms with E-state index in [4.69, 9.17) is 4.74 Å². The van der Waals surface area contributed by atoms with Crippen LogP contribution in [-0.2, 0) is 10.9 Å². The summed E-state index contributed by atoms with van der Waals surface area (Å²) in [6.07, 6.45) is 3.99. The van der Waals surface area contributed by atoms with Crippen molar-refractivity contribution >= 4 is 11.7 Å². The Bertz CT molecular complexity index is 867. The molecule has 0 radical (unpaired) electrons. The number of hydrogen-bond acceptors (Lipinski definition) is 3. The lowest BCUT2D eigenvalue weighted by Crippen LogP contribution is -2.04. The van der Waals surface area contributed by atoms with Crippen LogP contribution in [0.5, 0.6) is 0 Å². The van der Waals surface area contributed by atoms with Gasteiger partial charge in [0.1, 0.15) is 5.69 Å². The summed E-state index contributed by atoms with van der Waals surface area (Å²) in [4.78, 5) is 8.70. The fraction of sp³-hybridized carbons (Fsp3) is 0.176. The van der Waals surface area contributed by atoms with Gasteiger partial charge in [0.25, 0.3) is 0 Å². The molecule has 4 nitrogen and oxygen atoms in total. The van der Waals surface area contributed by atoms with Crippen LogP contribution in [0.15, 0.2) is 49.1 Å². The maximum absolute atomic E-state index is 12.7. The molecule has 0 bridgehead atoms. The molecule has 0 N–H and O–H groups in total. The lowest BCUT2D eigenvalue weighted by Gasteiger charge is -2.09. The highest BCUT2D eigenvalue weighted by Crippen LogP contribution is 2.31. The molecule has 3 aromatic rings. The number of alkyl halides is 3. The summed E-state index contributed by atoms with van der Waals surface area (Å²) >= 11 is 0. The first-order valence-corrected chi connectivity index (χ1v) is 7.28. The Morgan fingerprint density at radius 2 is 1.96 bits per heavy atom. The molecule has 0 aliphatic rings. The Kier molecular flexibility index (Phi) is 4.24. The van der Waals surface area contributed by atoms with Crippen LogP contribution in [0.25, 0.3) is 23.0 Å². The molecular formula is C17H14F3N3O. The average molecular weight is 333 g/mol. The third-order valence-electron chi connectivity index (χ3n) is 3.38. The van der Waals surface area contributed by atoms with Gasteiger partial charge in [-0.2, -0.15) is 13.2 Å². The number of halogens is 3. The fourth-order valence-electron chi connectivity index (χ4n) is 2.26. The maximum atomic E-state index is 12.7. The molecule has 0 atom stereocenters. The van der Waals surface area contributed by atoms with E-state index in [1.54, 1.807) is 29.1 Å². The summed E-state index contributed by atoms with van der Waals surface area (Å²) in [6.45, 7) is 2.40. The highest BCUT2D eigenvalue weighted by Gasteiger charge is 2.30. The molecule has 0 aliphatic carbocycles. The molecule has 2 aromatic heterocycles. The van der Waals surface area contributed by atoms with Crippen LogP contribution in [-0.4, -0.2) is 21.0 Å². The van der Waals surface area contributed by atoms with Crippen LogP contribution in [0.2, 0.25) is 0 Å². The number of fused-ring (bicyclic) bond motifs is 1. The number of hydrogen-bond donors (Lipinski definition) is 0. The van der Waals surface area contributed by atoms with Crippen molar-refractivity contribution in [3.8, 4) is 11.3 Å². The van der Waals surface area contributed by atoms with Crippen LogP contribution >= 0.6 is 0 Å². The molecule has 0 aliphatic heterocycles. The summed E-state index contributed by atoms with van der Waals surface area (Å²) in [6, 6.07) is 4.88. The van der Waals surface area contributed by atoms with E-state index in [9.17, 15) is 13.2 Å². The lowest BCUT2D eigenvalue weighted by molar-refractivity contribution is -0.137. The zero-order valence-corrected chi connectivity index (χ0v) is 12.8. The molecule has 0 fully saturated rings. The minimum atomic E-state index is -4.36. The van der Waals surface area contributed by atoms with E-state index in [2.05, 4.69) is 9.97 Å². The third kappa shape index (κ3) is 3.24. The van der Waals surface area contributed by atoms with E-state index in [0.717, 1.165) is 12.1 Å². The van der Waals surface area contributed by atoms with E-state index < -0.39 is 11.7 Å². The molecule has 3 rings (SSSR count). The third-order valence-corrected chi connectivity index (χ3v) is 3.38. The second-order valence-electron chi connectivity index (χ2n) is 5.01. The van der Waals surface area contributed by atoms with Crippen molar-refractivity contribution in [3.05, 3.63) is 60.4 Å². The van der Waals surface area contributed by atoms with Crippen molar-refractivity contribution in [1.82, 2.24) is 14.4 Å². The van der Waals surface area contributed by atoms with Gasteiger partial charge in [0.15, 0.2) is 5.65 Å². The predicted molar refractivity (Wildman–Crippen MR) is 84.1 cm³/mol. The van der Waals surface area contributed by atoms with Crippen LogP contribution in [0.4, 0.5) is 13.2 Å². The fourth-order valence-corrected chi connectivity index (χ4v) is 2.26. The number of benzene rings is 1. The van der Waals surface area contributed by atoms with Crippen LogP contribution < -0.4 is 0 Å². The quantitative estimate of drug-likeness (QED) is 0.664. The highest BCUT2D eigenvalue weighted by atomic mass is 19.4. The first-order valence-electron chi connectivity index (χ1n) is 7.28. The summed E-state index contributed by atoms with van der Waals surface area (Å²) < 4.78 is 45.1. The van der Waals surface area contributed by atoms with Gasteiger partial charge >= 0.3 is 6.18 Å². The molecule has 1 aromatic carbocycles. The predicted octanol–water partition coefficient (Wildman–Crippen LogP) is 4.42. The summed E-state index contributed by atoms with van der Waals surface area (Å²) in [5, 5.41) is 0. The molecule has 0 amide bonds. The number of nitrogens with zero attached hydrogens (tertiary/aromatic N) is 3. The zero-order chi connectivity index (χ0) is 17.2. The van der Waals surface area contributed by atoms with Crippen molar-refractivity contribution in [2.24, 2.45) is 0 Å². The molecule has 124 valence electrons. The monoisotopic (exact) mass is 333 g/mol. The van der Waals surface area contributed by atoms with E-state index in [-0.39, 0.29) is 0 Å². The van der Waals surface area contributed by atoms with E-state index >= 15 is 0 Å². The molecule has 2 heterocycles. The number of ether oxygens (including phenoxy) is 1. The summed E-state index contributed by atoms with van der Waals surface area (Å²) in [7, 11) is 0. The minimum Gasteiger partial charge on any atom is -0.501 e. The zero-order valence-electron chi connectivity index (χ0n) is 12.8. The first-order chi connectivity index (χ1) is 11.5.